The number of aromatic nitrogens is 5. The number of hydrogen-bond donors (Lipinski definition) is 1. The summed E-state index contributed by atoms with van der Waals surface area (Å²) < 4.78 is 27.1. The molecule has 0 atom stereocenters. The SMILES string of the molecule is Fc1ccc(CNc2ccc3nnnn3n2)cc1F. The average molecular weight is 262 g/mol. The summed E-state index contributed by atoms with van der Waals surface area (Å²) >= 11 is 0. The van der Waals surface area contributed by atoms with Crippen LogP contribution < -0.4 is 5.32 Å². The fourth-order valence-electron chi connectivity index (χ4n) is 1.59. The van der Waals surface area contributed by atoms with Crippen LogP contribution in [0, 0.1) is 11.6 Å². The molecule has 2 aromatic heterocycles. The van der Waals surface area contributed by atoms with Crippen molar-refractivity contribution in [3.8, 4) is 0 Å². The van der Waals surface area contributed by atoms with Gasteiger partial charge in [0.25, 0.3) is 0 Å². The molecule has 0 spiro atoms. The number of nitrogens with one attached hydrogen (secondary N) is 1. The highest BCUT2D eigenvalue weighted by Crippen LogP contribution is 2.11. The number of hydrogen-bond acceptors (Lipinski definition) is 5. The van der Waals surface area contributed by atoms with Crippen LogP contribution >= 0.6 is 0 Å². The number of tetrazole rings is 1. The van der Waals surface area contributed by atoms with E-state index in [0.29, 0.717) is 23.6 Å². The van der Waals surface area contributed by atoms with Gasteiger partial charge in [0.2, 0.25) is 0 Å². The number of halogens is 2. The molecule has 0 saturated carbocycles. The smallest absolute Gasteiger partial charge is 0.200 e. The molecule has 3 aromatic rings. The van der Waals surface area contributed by atoms with Gasteiger partial charge in [-0.15, -0.1) is 14.8 Å². The maximum absolute atomic E-state index is 13.0. The maximum Gasteiger partial charge on any atom is 0.200 e. The van der Waals surface area contributed by atoms with E-state index in [9.17, 15) is 8.78 Å². The molecule has 19 heavy (non-hydrogen) atoms. The van der Waals surface area contributed by atoms with Crippen molar-refractivity contribution in [2.24, 2.45) is 0 Å². The zero-order valence-corrected chi connectivity index (χ0v) is 9.59. The van der Waals surface area contributed by atoms with Crippen LogP contribution in [0.15, 0.2) is 30.3 Å². The topological polar surface area (TPSA) is 68.0 Å². The van der Waals surface area contributed by atoms with Crippen LogP contribution in [0.4, 0.5) is 14.6 Å². The first-order valence-corrected chi connectivity index (χ1v) is 5.45. The Morgan fingerprint density at radius 2 is 2.00 bits per heavy atom. The summed E-state index contributed by atoms with van der Waals surface area (Å²) in [6, 6.07) is 7.12. The molecule has 0 amide bonds. The van der Waals surface area contributed by atoms with Gasteiger partial charge in [-0.05, 0) is 40.3 Å². The maximum atomic E-state index is 13.0. The van der Waals surface area contributed by atoms with Crippen molar-refractivity contribution in [3.63, 3.8) is 0 Å². The lowest BCUT2D eigenvalue weighted by molar-refractivity contribution is 0.507. The number of fused-ring (bicyclic) bond motifs is 1. The van der Waals surface area contributed by atoms with Crippen molar-refractivity contribution in [2.75, 3.05) is 5.32 Å². The Bertz CT molecular complexity index is 726. The van der Waals surface area contributed by atoms with Gasteiger partial charge >= 0.3 is 0 Å². The van der Waals surface area contributed by atoms with Gasteiger partial charge in [0, 0.05) is 6.54 Å². The van der Waals surface area contributed by atoms with Gasteiger partial charge in [-0.25, -0.2) is 8.78 Å². The molecule has 0 unspecified atom stereocenters. The van der Waals surface area contributed by atoms with Crippen molar-refractivity contribution in [3.05, 3.63) is 47.5 Å². The zero-order valence-electron chi connectivity index (χ0n) is 9.59. The number of rotatable bonds is 3. The molecule has 1 N–H and O–H groups in total. The lowest BCUT2D eigenvalue weighted by atomic mass is 10.2. The van der Waals surface area contributed by atoms with Gasteiger partial charge in [-0.2, -0.15) is 0 Å². The van der Waals surface area contributed by atoms with E-state index in [2.05, 4.69) is 25.9 Å². The molecule has 3 rings (SSSR count). The van der Waals surface area contributed by atoms with E-state index < -0.39 is 11.6 Å². The highest BCUT2D eigenvalue weighted by Gasteiger charge is 2.04. The Balaban J connectivity index is 1.75. The summed E-state index contributed by atoms with van der Waals surface area (Å²) in [5.74, 6) is -1.20. The summed E-state index contributed by atoms with van der Waals surface area (Å²) in [5, 5.41) is 17.9. The highest BCUT2D eigenvalue weighted by molar-refractivity contribution is 5.42. The van der Waals surface area contributed by atoms with E-state index in [0.717, 1.165) is 12.1 Å². The molecular weight excluding hydrogens is 254 g/mol. The molecule has 0 aliphatic heterocycles. The van der Waals surface area contributed by atoms with Gasteiger partial charge in [0.15, 0.2) is 17.3 Å². The standard InChI is InChI=1S/C11H8F2N6/c12-8-2-1-7(5-9(8)13)6-14-10-3-4-11-15-17-18-19(11)16-10/h1-5H,6H2,(H,14,16). The van der Waals surface area contributed by atoms with Crippen LogP contribution in [-0.2, 0) is 6.54 Å². The Morgan fingerprint density at radius 1 is 1.11 bits per heavy atom. The molecule has 0 radical (unpaired) electrons. The van der Waals surface area contributed by atoms with Crippen LogP contribution in [0.25, 0.3) is 5.65 Å². The monoisotopic (exact) mass is 262 g/mol. The molecule has 0 fully saturated rings. The van der Waals surface area contributed by atoms with Crippen molar-refractivity contribution >= 4 is 11.5 Å². The molecule has 1 aromatic carbocycles. The van der Waals surface area contributed by atoms with E-state index in [1.54, 1.807) is 12.1 Å². The lowest BCUT2D eigenvalue weighted by Crippen LogP contribution is -2.05. The minimum Gasteiger partial charge on any atom is -0.365 e. The Kier molecular flexibility index (Phi) is 2.75. The third kappa shape index (κ3) is 2.32. The van der Waals surface area contributed by atoms with Gasteiger partial charge in [-0.1, -0.05) is 6.07 Å². The van der Waals surface area contributed by atoms with E-state index in [-0.39, 0.29) is 0 Å². The second-order valence-electron chi connectivity index (χ2n) is 3.85. The molecule has 96 valence electrons. The van der Waals surface area contributed by atoms with Crippen LogP contribution in [0.5, 0.6) is 0 Å². The number of anilines is 1. The molecule has 8 heteroatoms. The lowest BCUT2D eigenvalue weighted by Gasteiger charge is -2.05. The van der Waals surface area contributed by atoms with Crippen molar-refractivity contribution in [1.29, 1.82) is 0 Å². The third-order valence-electron chi connectivity index (χ3n) is 2.53. The highest BCUT2D eigenvalue weighted by atomic mass is 19.2. The van der Waals surface area contributed by atoms with Gasteiger partial charge in [0.1, 0.15) is 5.82 Å². The average Bonchev–Trinajstić information content (AvgIpc) is 2.87. The van der Waals surface area contributed by atoms with Crippen LogP contribution in [0.3, 0.4) is 0 Å². The van der Waals surface area contributed by atoms with Gasteiger partial charge < -0.3 is 5.32 Å². The summed E-state index contributed by atoms with van der Waals surface area (Å²) in [6.45, 7) is 0.317. The number of benzene rings is 1. The predicted octanol–water partition coefficient (Wildman–Crippen LogP) is 1.41. The minimum atomic E-state index is -0.872. The van der Waals surface area contributed by atoms with Crippen LogP contribution in [-0.4, -0.2) is 25.3 Å². The molecular formula is C11H8F2N6. The fraction of sp³-hybridized carbons (Fsp3) is 0.0909. The van der Waals surface area contributed by atoms with E-state index >= 15 is 0 Å². The summed E-state index contributed by atoms with van der Waals surface area (Å²) in [7, 11) is 0. The Labute approximate surface area is 106 Å². The van der Waals surface area contributed by atoms with E-state index in [4.69, 9.17) is 0 Å². The first-order chi connectivity index (χ1) is 9.22. The first kappa shape index (κ1) is 11.5. The van der Waals surface area contributed by atoms with Gasteiger partial charge in [0.05, 0.1) is 0 Å². The Morgan fingerprint density at radius 3 is 2.84 bits per heavy atom. The van der Waals surface area contributed by atoms with E-state index in [1.807, 2.05) is 0 Å². The van der Waals surface area contributed by atoms with Crippen molar-refractivity contribution in [1.82, 2.24) is 25.3 Å². The first-order valence-electron chi connectivity index (χ1n) is 5.45. The van der Waals surface area contributed by atoms with E-state index in [1.165, 1.54) is 10.7 Å². The summed E-state index contributed by atoms with van der Waals surface area (Å²) in [6.07, 6.45) is 0. The van der Waals surface area contributed by atoms with Crippen molar-refractivity contribution < 1.29 is 8.78 Å². The molecule has 0 saturated heterocycles. The minimum absolute atomic E-state index is 0.317. The van der Waals surface area contributed by atoms with Crippen LogP contribution in [0.2, 0.25) is 0 Å². The van der Waals surface area contributed by atoms with Gasteiger partial charge in [-0.3, -0.25) is 0 Å². The molecule has 0 bridgehead atoms. The number of nitrogens with zero attached hydrogens (tertiary/aromatic N) is 5. The largest absolute Gasteiger partial charge is 0.365 e. The van der Waals surface area contributed by atoms with Crippen molar-refractivity contribution in [2.45, 2.75) is 6.54 Å². The summed E-state index contributed by atoms with van der Waals surface area (Å²) in [4.78, 5) is 0. The fourth-order valence-corrected chi connectivity index (χ4v) is 1.59. The molecule has 2 heterocycles. The third-order valence-corrected chi connectivity index (χ3v) is 2.53. The molecule has 0 aliphatic rings. The molecule has 6 nitrogen and oxygen atoms in total. The Hall–Kier alpha value is -2.64. The quantitative estimate of drug-likeness (QED) is 0.773. The second-order valence-corrected chi connectivity index (χ2v) is 3.85. The zero-order chi connectivity index (χ0) is 13.2. The predicted molar refractivity (Wildman–Crippen MR) is 62.3 cm³/mol. The van der Waals surface area contributed by atoms with Crippen LogP contribution in [0.1, 0.15) is 5.56 Å². The molecule has 0 aliphatic carbocycles. The second kappa shape index (κ2) is 4.56. The summed E-state index contributed by atoms with van der Waals surface area (Å²) in [5.41, 5.74) is 1.14. The normalized spacial score (nSPS) is 10.8.